The lowest BCUT2D eigenvalue weighted by molar-refractivity contribution is -0.177. The minimum Gasteiger partial charge on any atom is -0.481 e. The molecular formula is C17H30O5. The fourth-order valence-electron chi connectivity index (χ4n) is 4.62. The summed E-state index contributed by atoms with van der Waals surface area (Å²) in [4.78, 5) is 23.4. The normalized spacial score (nSPS) is 33.9. The first kappa shape index (κ1) is 20.6. The molecule has 5 nitrogen and oxygen atoms in total. The highest BCUT2D eigenvalue weighted by Crippen LogP contribution is 2.62. The average Bonchev–Trinajstić information content (AvgIpc) is 2.35. The van der Waals surface area contributed by atoms with Crippen LogP contribution in [-0.4, -0.2) is 27.6 Å². The topological polar surface area (TPSA) is 106 Å². The summed E-state index contributed by atoms with van der Waals surface area (Å²) < 4.78 is 0. The van der Waals surface area contributed by atoms with Crippen molar-refractivity contribution in [1.29, 1.82) is 0 Å². The first-order chi connectivity index (χ1) is 9.22. The molecule has 0 bridgehead atoms. The maximum absolute atomic E-state index is 11.9. The van der Waals surface area contributed by atoms with Gasteiger partial charge in [0.2, 0.25) is 0 Å². The lowest BCUT2D eigenvalue weighted by atomic mass is 9.45. The first-order valence-electron chi connectivity index (χ1n) is 7.34. The number of aliphatic carboxylic acids is 2. The molecule has 5 heteroatoms. The largest absolute Gasteiger partial charge is 0.481 e. The monoisotopic (exact) mass is 314 g/mol. The summed E-state index contributed by atoms with van der Waals surface area (Å²) in [7, 11) is 0. The van der Waals surface area contributed by atoms with Crippen molar-refractivity contribution in [3.63, 3.8) is 0 Å². The molecule has 4 N–H and O–H groups in total. The van der Waals surface area contributed by atoms with Crippen molar-refractivity contribution in [1.82, 2.24) is 0 Å². The van der Waals surface area contributed by atoms with Crippen molar-refractivity contribution in [2.45, 2.75) is 53.9 Å². The molecule has 4 atom stereocenters. The lowest BCUT2D eigenvalue weighted by Gasteiger charge is -2.58. The Labute approximate surface area is 132 Å². The first-order valence-corrected chi connectivity index (χ1v) is 7.34. The second-order valence-electron chi connectivity index (χ2n) is 7.20. The third-order valence-electron chi connectivity index (χ3n) is 5.48. The average molecular weight is 314 g/mol. The van der Waals surface area contributed by atoms with Gasteiger partial charge in [-0.1, -0.05) is 40.3 Å². The van der Waals surface area contributed by atoms with E-state index < -0.39 is 29.2 Å². The van der Waals surface area contributed by atoms with E-state index in [1.54, 1.807) is 0 Å². The number of fused-ring (bicyclic) bond motifs is 1. The molecule has 2 aliphatic carbocycles. The lowest BCUT2D eigenvalue weighted by Crippen LogP contribution is -2.57. The molecule has 0 amide bonds. The van der Waals surface area contributed by atoms with Gasteiger partial charge in [0.05, 0.1) is 11.8 Å². The van der Waals surface area contributed by atoms with Crippen LogP contribution in [0.2, 0.25) is 0 Å². The maximum atomic E-state index is 11.9. The Morgan fingerprint density at radius 1 is 1.14 bits per heavy atom. The number of hydrogen-bond donors (Lipinski definition) is 2. The van der Waals surface area contributed by atoms with Gasteiger partial charge in [-0.25, -0.2) is 0 Å². The zero-order valence-corrected chi connectivity index (χ0v) is 12.9. The predicted octanol–water partition coefficient (Wildman–Crippen LogP) is 2.99. The molecule has 0 spiro atoms. The van der Waals surface area contributed by atoms with Gasteiger partial charge in [0.15, 0.2) is 0 Å². The van der Waals surface area contributed by atoms with E-state index in [2.05, 4.69) is 32.9 Å². The molecule has 0 aromatic rings. The van der Waals surface area contributed by atoms with Crippen LogP contribution in [0.15, 0.2) is 12.2 Å². The Kier molecular flexibility index (Phi) is 6.40. The Morgan fingerprint density at radius 3 is 2.18 bits per heavy atom. The van der Waals surface area contributed by atoms with E-state index in [1.165, 1.54) is 0 Å². The Balaban J connectivity index is 0.00000220. The van der Waals surface area contributed by atoms with Crippen LogP contribution in [0.5, 0.6) is 0 Å². The predicted molar refractivity (Wildman–Crippen MR) is 85.6 cm³/mol. The van der Waals surface area contributed by atoms with Crippen molar-refractivity contribution < 1.29 is 25.3 Å². The highest BCUT2D eigenvalue weighted by atomic mass is 16.4. The molecule has 22 heavy (non-hydrogen) atoms. The van der Waals surface area contributed by atoms with Crippen LogP contribution in [-0.2, 0) is 9.59 Å². The van der Waals surface area contributed by atoms with Crippen LogP contribution in [0, 0.1) is 28.6 Å². The van der Waals surface area contributed by atoms with E-state index in [9.17, 15) is 19.8 Å². The number of carboxylic acids is 2. The van der Waals surface area contributed by atoms with Gasteiger partial charge < -0.3 is 15.7 Å². The van der Waals surface area contributed by atoms with Crippen molar-refractivity contribution in [3.05, 3.63) is 12.2 Å². The maximum Gasteiger partial charge on any atom is 0.307 e. The highest BCUT2D eigenvalue weighted by molar-refractivity contribution is 5.81. The highest BCUT2D eigenvalue weighted by Gasteiger charge is 2.61. The minimum absolute atomic E-state index is 0. The SMILES string of the molecule is C.CC(C)(C)C12CCC=CC1CCC(C(=O)O)C2C(=O)O.O. The number of carboxylic acid groups (broad SMARTS) is 2. The quantitative estimate of drug-likeness (QED) is 0.764. The van der Waals surface area contributed by atoms with Crippen LogP contribution in [0.25, 0.3) is 0 Å². The van der Waals surface area contributed by atoms with E-state index in [1.807, 2.05) is 0 Å². The summed E-state index contributed by atoms with van der Waals surface area (Å²) in [5, 5.41) is 19.2. The molecule has 0 heterocycles. The van der Waals surface area contributed by atoms with Crippen LogP contribution in [0.4, 0.5) is 0 Å². The molecule has 0 saturated heterocycles. The second kappa shape index (κ2) is 6.82. The van der Waals surface area contributed by atoms with Gasteiger partial charge in [-0.2, -0.15) is 0 Å². The molecule has 0 aliphatic heterocycles. The molecule has 0 radical (unpaired) electrons. The zero-order chi connectivity index (χ0) is 15.1. The molecule has 0 aromatic carbocycles. The number of carbonyl (C=O) groups is 2. The molecule has 2 rings (SSSR count). The summed E-state index contributed by atoms with van der Waals surface area (Å²) in [5.74, 6) is -3.31. The molecule has 4 unspecified atom stereocenters. The smallest absolute Gasteiger partial charge is 0.307 e. The molecule has 2 aliphatic rings. The van der Waals surface area contributed by atoms with E-state index >= 15 is 0 Å². The van der Waals surface area contributed by atoms with Crippen LogP contribution in [0.1, 0.15) is 53.9 Å². The van der Waals surface area contributed by atoms with Crippen molar-refractivity contribution in [2.24, 2.45) is 28.6 Å². The summed E-state index contributed by atoms with van der Waals surface area (Å²) in [6, 6.07) is 0. The Morgan fingerprint density at radius 2 is 1.73 bits per heavy atom. The van der Waals surface area contributed by atoms with Crippen LogP contribution < -0.4 is 0 Å². The Hall–Kier alpha value is -1.36. The Bertz CT molecular complexity index is 448. The van der Waals surface area contributed by atoms with Gasteiger partial charge in [0.25, 0.3) is 0 Å². The van der Waals surface area contributed by atoms with Crippen molar-refractivity contribution in [2.75, 3.05) is 0 Å². The second-order valence-corrected chi connectivity index (χ2v) is 7.20. The third-order valence-corrected chi connectivity index (χ3v) is 5.48. The van der Waals surface area contributed by atoms with Gasteiger partial charge in [0.1, 0.15) is 0 Å². The summed E-state index contributed by atoms with van der Waals surface area (Å²) in [5.41, 5.74) is -0.700. The molecular weight excluding hydrogens is 284 g/mol. The van der Waals surface area contributed by atoms with Gasteiger partial charge in [-0.05, 0) is 42.4 Å². The summed E-state index contributed by atoms with van der Waals surface area (Å²) in [6.07, 6.45) is 7.08. The van der Waals surface area contributed by atoms with E-state index in [4.69, 9.17) is 0 Å². The fraction of sp³-hybridized carbons (Fsp3) is 0.765. The number of hydrogen-bond acceptors (Lipinski definition) is 2. The molecule has 128 valence electrons. The van der Waals surface area contributed by atoms with Crippen molar-refractivity contribution >= 4 is 11.9 Å². The molecule has 1 saturated carbocycles. The van der Waals surface area contributed by atoms with E-state index in [-0.39, 0.29) is 24.2 Å². The van der Waals surface area contributed by atoms with Crippen LogP contribution in [0.3, 0.4) is 0 Å². The van der Waals surface area contributed by atoms with E-state index in [0.717, 1.165) is 19.3 Å². The van der Waals surface area contributed by atoms with Gasteiger partial charge in [-0.15, -0.1) is 0 Å². The van der Waals surface area contributed by atoms with E-state index in [0.29, 0.717) is 6.42 Å². The molecule has 1 fully saturated rings. The minimum atomic E-state index is -0.964. The third kappa shape index (κ3) is 2.91. The number of rotatable bonds is 2. The summed E-state index contributed by atoms with van der Waals surface area (Å²) in [6.45, 7) is 6.16. The van der Waals surface area contributed by atoms with Crippen LogP contribution >= 0.6 is 0 Å². The fourth-order valence-corrected chi connectivity index (χ4v) is 4.62. The summed E-state index contributed by atoms with van der Waals surface area (Å²) >= 11 is 0. The molecule has 0 aromatic heterocycles. The van der Waals surface area contributed by atoms with Gasteiger partial charge in [0, 0.05) is 0 Å². The standard InChI is InChI=1S/C16H24O4.CH4.H2O/c1-15(2,3)16-9-5-4-6-10(16)7-8-11(13(17)18)12(16)14(19)20;;/h4,6,10-12H,5,7-9H2,1-3H3,(H,17,18)(H,19,20);1H4;1H2. The van der Waals surface area contributed by atoms with Gasteiger partial charge >= 0.3 is 11.9 Å². The zero-order valence-electron chi connectivity index (χ0n) is 12.9. The van der Waals surface area contributed by atoms with Gasteiger partial charge in [-0.3, -0.25) is 9.59 Å². The van der Waals surface area contributed by atoms with Crippen molar-refractivity contribution in [3.8, 4) is 0 Å². The number of allylic oxidation sites excluding steroid dienone is 2.